The van der Waals surface area contributed by atoms with Gasteiger partial charge in [0.2, 0.25) is 11.9 Å². The topological polar surface area (TPSA) is 87.7 Å². The Morgan fingerprint density at radius 3 is 2.35 bits per heavy atom. The Hall–Kier alpha value is -3.16. The van der Waals surface area contributed by atoms with E-state index < -0.39 is 0 Å². The second kappa shape index (κ2) is 7.81. The molecule has 3 rings (SSSR count). The van der Waals surface area contributed by atoms with E-state index in [0.29, 0.717) is 37.7 Å². The van der Waals surface area contributed by atoms with E-state index in [0.717, 1.165) is 11.4 Å². The first-order valence-electron chi connectivity index (χ1n) is 8.35. The Balaban J connectivity index is 1.62. The zero-order valence-electron chi connectivity index (χ0n) is 14.8. The summed E-state index contributed by atoms with van der Waals surface area (Å²) in [4.78, 5) is 35.8. The van der Waals surface area contributed by atoms with Crippen molar-refractivity contribution in [3.8, 4) is 5.75 Å². The van der Waals surface area contributed by atoms with Crippen LogP contribution in [0.15, 0.2) is 36.7 Å². The molecule has 1 saturated heterocycles. The van der Waals surface area contributed by atoms with E-state index in [1.165, 1.54) is 12.4 Å². The van der Waals surface area contributed by atoms with Crippen molar-refractivity contribution >= 4 is 23.5 Å². The Bertz CT molecular complexity index is 786. The van der Waals surface area contributed by atoms with Crippen LogP contribution in [0.25, 0.3) is 0 Å². The van der Waals surface area contributed by atoms with E-state index >= 15 is 0 Å². The molecule has 1 fully saturated rings. The number of carbonyl (C=O) groups excluding carboxylic acids is 2. The molecule has 8 heteroatoms. The van der Waals surface area contributed by atoms with Gasteiger partial charge in [-0.3, -0.25) is 9.59 Å². The van der Waals surface area contributed by atoms with Gasteiger partial charge in [-0.15, -0.1) is 0 Å². The molecule has 0 aliphatic carbocycles. The van der Waals surface area contributed by atoms with Gasteiger partial charge in [-0.2, -0.15) is 0 Å². The number of aromatic nitrogens is 2. The molecule has 1 aromatic heterocycles. The quantitative estimate of drug-likeness (QED) is 0.895. The van der Waals surface area contributed by atoms with E-state index in [9.17, 15) is 9.59 Å². The van der Waals surface area contributed by atoms with Crippen LogP contribution in [0.2, 0.25) is 0 Å². The normalized spacial score (nSPS) is 14.1. The van der Waals surface area contributed by atoms with Crippen molar-refractivity contribution in [1.29, 1.82) is 0 Å². The fourth-order valence-electron chi connectivity index (χ4n) is 2.74. The van der Waals surface area contributed by atoms with E-state index in [2.05, 4.69) is 15.3 Å². The molecule has 1 aromatic carbocycles. The van der Waals surface area contributed by atoms with Crippen molar-refractivity contribution in [3.63, 3.8) is 0 Å². The lowest BCUT2D eigenvalue weighted by molar-refractivity contribution is -0.130. The maximum absolute atomic E-state index is 12.5. The molecule has 0 radical (unpaired) electrons. The van der Waals surface area contributed by atoms with Crippen LogP contribution in [0.3, 0.4) is 0 Å². The van der Waals surface area contributed by atoms with Gasteiger partial charge in [0.1, 0.15) is 5.75 Å². The van der Waals surface area contributed by atoms with Crippen LogP contribution in [0.4, 0.5) is 11.6 Å². The van der Waals surface area contributed by atoms with Gasteiger partial charge >= 0.3 is 0 Å². The van der Waals surface area contributed by atoms with Gasteiger partial charge in [-0.05, 0) is 12.1 Å². The molecule has 0 bridgehead atoms. The Morgan fingerprint density at radius 1 is 1.08 bits per heavy atom. The van der Waals surface area contributed by atoms with Crippen LogP contribution >= 0.6 is 0 Å². The number of methoxy groups -OCH3 is 1. The SMILES string of the molecule is COc1cccc(Nc2ncc(C(=O)N3CCN(C(C)=O)CC3)cn2)c1. The minimum Gasteiger partial charge on any atom is -0.497 e. The molecule has 2 aromatic rings. The number of hydrogen-bond donors (Lipinski definition) is 1. The van der Waals surface area contributed by atoms with Gasteiger partial charge in [-0.25, -0.2) is 9.97 Å². The number of hydrogen-bond acceptors (Lipinski definition) is 6. The molecule has 0 spiro atoms. The van der Waals surface area contributed by atoms with Gasteiger partial charge in [0.15, 0.2) is 0 Å². The highest BCUT2D eigenvalue weighted by atomic mass is 16.5. The minimum atomic E-state index is -0.124. The first kappa shape index (κ1) is 17.7. The Labute approximate surface area is 151 Å². The molecular weight excluding hydrogens is 334 g/mol. The number of anilines is 2. The average molecular weight is 355 g/mol. The minimum absolute atomic E-state index is 0.0356. The van der Waals surface area contributed by atoms with Crippen molar-refractivity contribution < 1.29 is 14.3 Å². The summed E-state index contributed by atoms with van der Waals surface area (Å²) < 4.78 is 5.18. The molecule has 0 unspecified atom stereocenters. The number of carbonyl (C=O) groups is 2. The Morgan fingerprint density at radius 2 is 1.73 bits per heavy atom. The monoisotopic (exact) mass is 355 g/mol. The first-order chi connectivity index (χ1) is 12.6. The summed E-state index contributed by atoms with van der Waals surface area (Å²) in [5, 5.41) is 3.07. The average Bonchev–Trinajstić information content (AvgIpc) is 2.68. The predicted octanol–water partition coefficient (Wildman–Crippen LogP) is 1.53. The maximum Gasteiger partial charge on any atom is 0.257 e. The number of piperazine rings is 1. The maximum atomic E-state index is 12.5. The third-order valence-electron chi connectivity index (χ3n) is 4.24. The van der Waals surface area contributed by atoms with E-state index in [-0.39, 0.29) is 11.8 Å². The van der Waals surface area contributed by atoms with E-state index in [4.69, 9.17) is 4.74 Å². The standard InChI is InChI=1S/C18H21N5O3/c1-13(24)22-6-8-23(9-7-22)17(25)14-11-19-18(20-12-14)21-15-4-3-5-16(10-15)26-2/h3-5,10-12H,6-9H2,1-2H3,(H,19,20,21). The van der Waals surface area contributed by atoms with Crippen LogP contribution in [-0.4, -0.2) is 64.9 Å². The van der Waals surface area contributed by atoms with Gasteiger partial charge in [0.05, 0.1) is 12.7 Å². The molecule has 0 atom stereocenters. The molecule has 1 N–H and O–H groups in total. The largest absolute Gasteiger partial charge is 0.497 e. The summed E-state index contributed by atoms with van der Waals surface area (Å²) >= 11 is 0. The highest BCUT2D eigenvalue weighted by molar-refractivity contribution is 5.94. The fraction of sp³-hybridized carbons (Fsp3) is 0.333. The summed E-state index contributed by atoms with van der Waals surface area (Å²) in [5.41, 5.74) is 1.22. The third kappa shape index (κ3) is 4.08. The molecule has 136 valence electrons. The number of nitrogens with zero attached hydrogens (tertiary/aromatic N) is 4. The summed E-state index contributed by atoms with van der Waals surface area (Å²) in [6.07, 6.45) is 3.02. The lowest BCUT2D eigenvalue weighted by atomic mass is 10.2. The summed E-state index contributed by atoms with van der Waals surface area (Å²) in [6.45, 7) is 3.68. The number of nitrogens with one attached hydrogen (secondary N) is 1. The Kier molecular flexibility index (Phi) is 5.31. The smallest absolute Gasteiger partial charge is 0.257 e. The number of ether oxygens (including phenoxy) is 1. The van der Waals surface area contributed by atoms with Crippen LogP contribution in [-0.2, 0) is 4.79 Å². The highest BCUT2D eigenvalue weighted by Crippen LogP contribution is 2.19. The molecule has 1 aliphatic rings. The number of benzene rings is 1. The molecule has 8 nitrogen and oxygen atoms in total. The molecule has 1 aliphatic heterocycles. The zero-order chi connectivity index (χ0) is 18.5. The van der Waals surface area contributed by atoms with Gasteiger partial charge < -0.3 is 19.9 Å². The third-order valence-corrected chi connectivity index (χ3v) is 4.24. The second-order valence-corrected chi connectivity index (χ2v) is 5.95. The molecule has 26 heavy (non-hydrogen) atoms. The molecule has 2 amide bonds. The number of amides is 2. The van der Waals surface area contributed by atoms with E-state index in [1.807, 2.05) is 24.3 Å². The van der Waals surface area contributed by atoms with Crippen LogP contribution in [0.5, 0.6) is 5.75 Å². The lowest BCUT2D eigenvalue weighted by Crippen LogP contribution is -2.50. The molecule has 0 saturated carbocycles. The van der Waals surface area contributed by atoms with Crippen LogP contribution in [0, 0.1) is 0 Å². The molecule has 2 heterocycles. The number of rotatable bonds is 4. The van der Waals surface area contributed by atoms with Gasteiger partial charge in [0, 0.05) is 57.3 Å². The summed E-state index contributed by atoms with van der Waals surface area (Å²) in [7, 11) is 1.60. The van der Waals surface area contributed by atoms with Crippen LogP contribution < -0.4 is 10.1 Å². The van der Waals surface area contributed by atoms with Crippen molar-refractivity contribution in [1.82, 2.24) is 19.8 Å². The van der Waals surface area contributed by atoms with Crippen molar-refractivity contribution in [2.75, 3.05) is 38.6 Å². The summed E-state index contributed by atoms with van der Waals surface area (Å²) in [6, 6.07) is 7.41. The fourth-order valence-corrected chi connectivity index (χ4v) is 2.74. The lowest BCUT2D eigenvalue weighted by Gasteiger charge is -2.34. The predicted molar refractivity (Wildman–Crippen MR) is 96.5 cm³/mol. The second-order valence-electron chi connectivity index (χ2n) is 5.95. The van der Waals surface area contributed by atoms with Gasteiger partial charge in [-0.1, -0.05) is 6.07 Å². The molecular formula is C18H21N5O3. The zero-order valence-corrected chi connectivity index (χ0v) is 14.8. The first-order valence-corrected chi connectivity index (χ1v) is 8.35. The van der Waals surface area contributed by atoms with Crippen molar-refractivity contribution in [3.05, 3.63) is 42.2 Å². The van der Waals surface area contributed by atoms with E-state index in [1.54, 1.807) is 23.8 Å². The van der Waals surface area contributed by atoms with Crippen molar-refractivity contribution in [2.24, 2.45) is 0 Å². The van der Waals surface area contributed by atoms with Crippen molar-refractivity contribution in [2.45, 2.75) is 6.92 Å². The highest BCUT2D eigenvalue weighted by Gasteiger charge is 2.23. The van der Waals surface area contributed by atoms with Gasteiger partial charge in [0.25, 0.3) is 5.91 Å². The summed E-state index contributed by atoms with van der Waals surface area (Å²) in [5.74, 6) is 1.04. The van der Waals surface area contributed by atoms with Crippen LogP contribution in [0.1, 0.15) is 17.3 Å².